The van der Waals surface area contributed by atoms with Crippen LogP contribution < -0.4 is 5.73 Å². The molecule has 0 amide bonds. The number of Topliss-reactive ketones (excluding diaryl/α,β-unsaturated/α-hetero) is 1. The molecule has 0 saturated heterocycles. The molecule has 136 valence electrons. The van der Waals surface area contributed by atoms with Gasteiger partial charge in [-0.1, -0.05) is 30.1 Å². The van der Waals surface area contributed by atoms with E-state index in [9.17, 15) is 9.18 Å². The first-order chi connectivity index (χ1) is 12.6. The predicted octanol–water partition coefficient (Wildman–Crippen LogP) is 3.70. The third-order valence-corrected chi connectivity index (χ3v) is 4.00. The highest BCUT2D eigenvalue weighted by molar-refractivity contribution is 5.93. The van der Waals surface area contributed by atoms with Gasteiger partial charge >= 0.3 is 0 Å². The Morgan fingerprint density at radius 1 is 1.15 bits per heavy atom. The van der Waals surface area contributed by atoms with Gasteiger partial charge in [-0.3, -0.25) is 4.79 Å². The molecule has 0 bridgehead atoms. The van der Waals surface area contributed by atoms with E-state index >= 15 is 0 Å². The van der Waals surface area contributed by atoms with E-state index in [0.29, 0.717) is 18.5 Å². The van der Waals surface area contributed by atoms with Gasteiger partial charge in [0.05, 0.1) is 11.6 Å². The van der Waals surface area contributed by atoms with E-state index in [1.54, 1.807) is 24.3 Å². The molecule has 0 spiro atoms. The van der Waals surface area contributed by atoms with Crippen LogP contribution in [0.4, 0.5) is 4.39 Å². The molecule has 2 N–H and O–H groups in total. The van der Waals surface area contributed by atoms with Crippen molar-refractivity contribution < 1.29 is 18.1 Å². The van der Waals surface area contributed by atoms with Crippen LogP contribution in [0.25, 0.3) is 11.5 Å². The summed E-state index contributed by atoms with van der Waals surface area (Å²) in [6.07, 6.45) is 4.82. The minimum absolute atomic E-state index is 0.0329. The third-order valence-electron chi connectivity index (χ3n) is 4.00. The summed E-state index contributed by atoms with van der Waals surface area (Å²) in [6, 6.07) is 7.33. The maximum Gasteiger partial charge on any atom is 0.250 e. The molecule has 0 aliphatic heterocycles. The quantitative estimate of drug-likeness (QED) is 0.459. The summed E-state index contributed by atoms with van der Waals surface area (Å²) in [5, 5.41) is 11.4. The van der Waals surface area contributed by atoms with E-state index < -0.39 is 11.9 Å². The van der Waals surface area contributed by atoms with Crippen LogP contribution in [0.2, 0.25) is 0 Å². The SMILES string of the molecule is NC(CCCCCC(=O)c1ccon1)c1nnc(-c2ccccc2F)o1. The van der Waals surface area contributed by atoms with Crippen molar-refractivity contribution in [1.29, 1.82) is 0 Å². The number of carbonyl (C=O) groups excluding carboxylic acids is 1. The van der Waals surface area contributed by atoms with E-state index in [-0.39, 0.29) is 23.1 Å². The standard InChI is InChI=1S/C18H19FN4O3/c19-13-7-5-4-6-12(13)17-21-22-18(26-17)14(20)8-2-1-3-9-16(24)15-10-11-25-23-15/h4-7,10-11,14H,1-3,8-9,20H2. The lowest BCUT2D eigenvalue weighted by Gasteiger charge is -2.06. The van der Waals surface area contributed by atoms with Gasteiger partial charge in [-0.05, 0) is 25.0 Å². The molecule has 1 atom stereocenters. The molecule has 3 rings (SSSR count). The highest BCUT2D eigenvalue weighted by atomic mass is 19.1. The molecule has 8 heteroatoms. The first kappa shape index (κ1) is 17.9. The van der Waals surface area contributed by atoms with Gasteiger partial charge in [0.2, 0.25) is 5.89 Å². The number of aromatic nitrogens is 3. The van der Waals surface area contributed by atoms with Gasteiger partial charge in [0.15, 0.2) is 5.78 Å². The first-order valence-electron chi connectivity index (χ1n) is 8.42. The molecule has 1 unspecified atom stereocenters. The number of rotatable bonds is 9. The Labute approximate surface area is 149 Å². The molecular formula is C18H19FN4O3. The highest BCUT2D eigenvalue weighted by Crippen LogP contribution is 2.24. The van der Waals surface area contributed by atoms with Gasteiger partial charge in [0.1, 0.15) is 17.8 Å². The number of nitrogens with two attached hydrogens (primary N) is 1. The summed E-state index contributed by atoms with van der Waals surface area (Å²) in [5.41, 5.74) is 6.67. The summed E-state index contributed by atoms with van der Waals surface area (Å²) in [5.74, 6) is -0.0591. The molecule has 2 heterocycles. The van der Waals surface area contributed by atoms with Crippen molar-refractivity contribution in [2.24, 2.45) is 5.73 Å². The van der Waals surface area contributed by atoms with Crippen molar-refractivity contribution >= 4 is 5.78 Å². The second-order valence-corrected chi connectivity index (χ2v) is 5.94. The van der Waals surface area contributed by atoms with E-state index in [1.807, 2.05) is 0 Å². The van der Waals surface area contributed by atoms with E-state index in [1.165, 1.54) is 12.3 Å². The van der Waals surface area contributed by atoms with Crippen molar-refractivity contribution in [2.75, 3.05) is 0 Å². The summed E-state index contributed by atoms with van der Waals surface area (Å²) in [7, 11) is 0. The maximum absolute atomic E-state index is 13.7. The lowest BCUT2D eigenvalue weighted by atomic mass is 10.1. The van der Waals surface area contributed by atoms with Gasteiger partial charge in [-0.25, -0.2) is 4.39 Å². The normalized spacial score (nSPS) is 12.2. The largest absolute Gasteiger partial charge is 0.419 e. The second-order valence-electron chi connectivity index (χ2n) is 5.94. The van der Waals surface area contributed by atoms with Crippen molar-refractivity contribution in [1.82, 2.24) is 15.4 Å². The molecule has 2 aromatic heterocycles. The number of nitrogens with zero attached hydrogens (tertiary/aromatic N) is 3. The second kappa shape index (κ2) is 8.48. The molecule has 26 heavy (non-hydrogen) atoms. The Balaban J connectivity index is 1.43. The van der Waals surface area contributed by atoms with E-state index in [0.717, 1.165) is 19.3 Å². The van der Waals surface area contributed by atoms with Gasteiger partial charge < -0.3 is 14.7 Å². The average Bonchev–Trinajstić information content (AvgIpc) is 3.33. The van der Waals surface area contributed by atoms with Crippen LogP contribution in [0.5, 0.6) is 0 Å². The summed E-state index contributed by atoms with van der Waals surface area (Å²) < 4.78 is 23.9. The van der Waals surface area contributed by atoms with Crippen LogP contribution in [-0.2, 0) is 0 Å². The number of carbonyl (C=O) groups is 1. The lowest BCUT2D eigenvalue weighted by molar-refractivity contribution is 0.0970. The van der Waals surface area contributed by atoms with E-state index in [2.05, 4.69) is 19.9 Å². The Hall–Kier alpha value is -2.87. The van der Waals surface area contributed by atoms with Gasteiger partial charge in [-0.15, -0.1) is 10.2 Å². The summed E-state index contributed by atoms with van der Waals surface area (Å²) >= 11 is 0. The zero-order valence-corrected chi connectivity index (χ0v) is 14.1. The molecule has 0 aliphatic rings. The minimum Gasteiger partial charge on any atom is -0.419 e. The van der Waals surface area contributed by atoms with Crippen LogP contribution in [0, 0.1) is 5.82 Å². The van der Waals surface area contributed by atoms with Crippen LogP contribution in [0.3, 0.4) is 0 Å². The van der Waals surface area contributed by atoms with Crippen molar-refractivity contribution in [3.05, 3.63) is 54.0 Å². The van der Waals surface area contributed by atoms with Crippen molar-refractivity contribution in [3.8, 4) is 11.5 Å². The molecule has 0 saturated carbocycles. The number of benzene rings is 1. The van der Waals surface area contributed by atoms with Gasteiger partial charge in [0.25, 0.3) is 5.89 Å². The molecule has 0 fully saturated rings. The van der Waals surface area contributed by atoms with E-state index in [4.69, 9.17) is 10.2 Å². The van der Waals surface area contributed by atoms with Gasteiger partial charge in [0, 0.05) is 12.5 Å². The maximum atomic E-state index is 13.7. The fourth-order valence-electron chi connectivity index (χ4n) is 2.56. The zero-order valence-electron chi connectivity index (χ0n) is 14.1. The van der Waals surface area contributed by atoms with Crippen LogP contribution >= 0.6 is 0 Å². The molecule has 7 nitrogen and oxygen atoms in total. The summed E-state index contributed by atoms with van der Waals surface area (Å²) in [4.78, 5) is 11.8. The Bertz CT molecular complexity index is 848. The van der Waals surface area contributed by atoms with Gasteiger partial charge in [-0.2, -0.15) is 0 Å². The number of unbranched alkanes of at least 4 members (excludes halogenated alkanes) is 2. The summed E-state index contributed by atoms with van der Waals surface area (Å²) in [6.45, 7) is 0. The molecule has 3 aromatic rings. The Kier molecular flexibility index (Phi) is 5.85. The van der Waals surface area contributed by atoms with Crippen molar-refractivity contribution in [2.45, 2.75) is 38.1 Å². The number of ketones is 1. The minimum atomic E-state index is -0.423. The first-order valence-corrected chi connectivity index (χ1v) is 8.42. The molecular weight excluding hydrogens is 339 g/mol. The third kappa shape index (κ3) is 4.40. The zero-order chi connectivity index (χ0) is 18.4. The monoisotopic (exact) mass is 358 g/mol. The number of hydrogen-bond acceptors (Lipinski definition) is 7. The average molecular weight is 358 g/mol. The molecule has 0 radical (unpaired) electrons. The Morgan fingerprint density at radius 2 is 2.00 bits per heavy atom. The van der Waals surface area contributed by atoms with Crippen LogP contribution in [0.15, 0.2) is 45.5 Å². The topological polar surface area (TPSA) is 108 Å². The molecule has 1 aromatic carbocycles. The van der Waals surface area contributed by atoms with Crippen LogP contribution in [0.1, 0.15) is 54.5 Å². The predicted molar refractivity (Wildman–Crippen MR) is 90.5 cm³/mol. The number of halogens is 1. The molecule has 0 aliphatic carbocycles. The lowest BCUT2D eigenvalue weighted by Crippen LogP contribution is -2.10. The Morgan fingerprint density at radius 3 is 2.77 bits per heavy atom. The number of hydrogen-bond donors (Lipinski definition) is 1. The van der Waals surface area contributed by atoms with Crippen LogP contribution in [-0.4, -0.2) is 21.1 Å². The highest BCUT2D eigenvalue weighted by Gasteiger charge is 2.17. The fourth-order valence-corrected chi connectivity index (χ4v) is 2.56. The van der Waals surface area contributed by atoms with Crippen molar-refractivity contribution in [3.63, 3.8) is 0 Å². The smallest absolute Gasteiger partial charge is 0.250 e. The fraction of sp³-hybridized carbons (Fsp3) is 0.333.